The predicted octanol–water partition coefficient (Wildman–Crippen LogP) is 5.25. The van der Waals surface area contributed by atoms with Crippen LogP contribution in [0.1, 0.15) is 56.2 Å². The third-order valence-electron chi connectivity index (χ3n) is 7.11. The highest BCUT2D eigenvalue weighted by Gasteiger charge is 2.46. The van der Waals surface area contributed by atoms with Crippen molar-refractivity contribution in [2.45, 2.75) is 63.4 Å². The van der Waals surface area contributed by atoms with Crippen LogP contribution in [0.2, 0.25) is 0 Å². The molecule has 194 valence electrons. The minimum atomic E-state index is -4.45. The molecule has 7 nitrogen and oxygen atoms in total. The van der Waals surface area contributed by atoms with Crippen LogP contribution in [0, 0.1) is 0 Å². The molecule has 37 heavy (non-hydrogen) atoms. The number of nitrogens with zero attached hydrogens (tertiary/aromatic N) is 5. The number of pyridine rings is 2. The number of fused-ring (bicyclic) bond motifs is 2. The van der Waals surface area contributed by atoms with Gasteiger partial charge in [-0.05, 0) is 68.9 Å². The maximum Gasteiger partial charge on any atom is 0.408 e. The van der Waals surface area contributed by atoms with Crippen molar-refractivity contribution in [3.8, 4) is 17.3 Å². The van der Waals surface area contributed by atoms with Gasteiger partial charge in [0.05, 0.1) is 11.6 Å². The predicted molar refractivity (Wildman–Crippen MR) is 134 cm³/mol. The van der Waals surface area contributed by atoms with E-state index < -0.39 is 12.2 Å². The molecule has 2 atom stereocenters. The fourth-order valence-corrected chi connectivity index (χ4v) is 5.34. The highest BCUT2D eigenvalue weighted by molar-refractivity contribution is 5.87. The van der Waals surface area contributed by atoms with E-state index in [1.54, 1.807) is 10.5 Å². The zero-order chi connectivity index (χ0) is 25.9. The number of hydrogen-bond donors (Lipinski definition) is 1. The molecule has 2 aliphatic rings. The van der Waals surface area contributed by atoms with E-state index in [1.165, 1.54) is 17.2 Å². The molecule has 6 rings (SSSR count). The van der Waals surface area contributed by atoms with Crippen molar-refractivity contribution in [2.24, 2.45) is 5.73 Å². The smallest absolute Gasteiger partial charge is 0.408 e. The van der Waals surface area contributed by atoms with Crippen LogP contribution < -0.4 is 10.5 Å². The van der Waals surface area contributed by atoms with Crippen LogP contribution in [0.3, 0.4) is 0 Å². The fourth-order valence-electron chi connectivity index (χ4n) is 5.34. The van der Waals surface area contributed by atoms with Crippen molar-refractivity contribution in [3.05, 3.63) is 53.7 Å². The SMILES string of the molecule is CC(C)Oc1ccc2ccc(-c3nnc4ccc([C@@H](N5CCC(N)C5)C(F)(F)F)cn34)nc2c1C1CC1. The van der Waals surface area contributed by atoms with Gasteiger partial charge < -0.3 is 10.5 Å². The van der Waals surface area contributed by atoms with Crippen molar-refractivity contribution in [2.75, 3.05) is 13.1 Å². The summed E-state index contributed by atoms with van der Waals surface area (Å²) >= 11 is 0. The van der Waals surface area contributed by atoms with E-state index in [9.17, 15) is 13.2 Å². The van der Waals surface area contributed by atoms with Gasteiger partial charge >= 0.3 is 6.18 Å². The monoisotopic (exact) mass is 510 g/mol. The van der Waals surface area contributed by atoms with Crippen molar-refractivity contribution in [1.82, 2.24) is 24.5 Å². The number of hydrogen-bond acceptors (Lipinski definition) is 6. The maximum absolute atomic E-state index is 14.2. The quantitative estimate of drug-likeness (QED) is 0.382. The highest BCUT2D eigenvalue weighted by Crippen LogP contribution is 2.47. The molecule has 3 aromatic heterocycles. The standard InChI is InChI=1S/C27H29F3N6O/c1-15(2)37-21-9-6-17-5-8-20(32-24(17)23(21)16-3-4-16)26-34-33-22-10-7-18(13-36(22)26)25(27(28,29)30)35-12-11-19(31)14-35/h5-10,13,15-16,19,25H,3-4,11-12,14,31H2,1-2H3/t19?,25-/m1/s1. The Labute approximate surface area is 212 Å². The Bertz CT molecular complexity index is 1460. The van der Waals surface area contributed by atoms with Gasteiger partial charge in [0.15, 0.2) is 11.5 Å². The summed E-state index contributed by atoms with van der Waals surface area (Å²) in [6, 6.07) is 8.84. The molecular weight excluding hydrogens is 481 g/mol. The Hall–Kier alpha value is -3.24. The van der Waals surface area contributed by atoms with Gasteiger partial charge in [-0.3, -0.25) is 9.30 Å². The lowest BCUT2D eigenvalue weighted by Gasteiger charge is -2.30. The van der Waals surface area contributed by atoms with E-state index >= 15 is 0 Å². The van der Waals surface area contributed by atoms with E-state index in [0.717, 1.165) is 35.1 Å². The summed E-state index contributed by atoms with van der Waals surface area (Å²) in [5.74, 6) is 1.62. The topological polar surface area (TPSA) is 81.6 Å². The van der Waals surface area contributed by atoms with Gasteiger partial charge in [0, 0.05) is 36.3 Å². The number of halogens is 3. The van der Waals surface area contributed by atoms with Crippen LogP contribution in [0.25, 0.3) is 28.1 Å². The first-order valence-electron chi connectivity index (χ1n) is 12.7. The van der Waals surface area contributed by atoms with E-state index in [4.69, 9.17) is 15.5 Å². The third-order valence-corrected chi connectivity index (χ3v) is 7.11. The molecule has 1 unspecified atom stereocenters. The first kappa shape index (κ1) is 24.1. The van der Waals surface area contributed by atoms with Crippen LogP contribution in [-0.4, -0.2) is 55.9 Å². The highest BCUT2D eigenvalue weighted by atomic mass is 19.4. The average molecular weight is 511 g/mol. The van der Waals surface area contributed by atoms with Crippen molar-refractivity contribution >= 4 is 16.6 Å². The van der Waals surface area contributed by atoms with Crippen LogP contribution in [0.15, 0.2) is 42.6 Å². The molecule has 4 aromatic rings. The minimum Gasteiger partial charge on any atom is -0.491 e. The fraction of sp³-hybridized carbons (Fsp3) is 0.444. The number of rotatable bonds is 6. The van der Waals surface area contributed by atoms with Crippen LogP contribution in [0.5, 0.6) is 5.75 Å². The molecular formula is C27H29F3N6O. The molecule has 1 saturated heterocycles. The lowest BCUT2D eigenvalue weighted by Crippen LogP contribution is -2.38. The number of likely N-dealkylation sites (tertiary alicyclic amines) is 1. The van der Waals surface area contributed by atoms with Crippen molar-refractivity contribution in [1.29, 1.82) is 0 Å². The van der Waals surface area contributed by atoms with Crippen LogP contribution in [-0.2, 0) is 0 Å². The summed E-state index contributed by atoms with van der Waals surface area (Å²) in [5, 5.41) is 9.50. The Balaban J connectivity index is 1.46. The summed E-state index contributed by atoms with van der Waals surface area (Å²) in [6.45, 7) is 4.49. The van der Waals surface area contributed by atoms with Gasteiger partial charge in [-0.25, -0.2) is 4.98 Å². The second-order valence-electron chi connectivity index (χ2n) is 10.4. The largest absolute Gasteiger partial charge is 0.491 e. The number of alkyl halides is 3. The third kappa shape index (κ3) is 4.53. The zero-order valence-electron chi connectivity index (χ0n) is 20.7. The number of aromatic nitrogens is 4. The molecule has 1 aliphatic carbocycles. The number of nitrogens with two attached hydrogens (primary N) is 1. The molecule has 1 aromatic carbocycles. The summed E-state index contributed by atoms with van der Waals surface area (Å²) < 4.78 is 50.3. The molecule has 4 heterocycles. The van der Waals surface area contributed by atoms with Crippen LogP contribution >= 0.6 is 0 Å². The zero-order valence-corrected chi connectivity index (χ0v) is 20.7. The molecule has 1 saturated carbocycles. The lowest BCUT2D eigenvalue weighted by atomic mass is 10.0. The summed E-state index contributed by atoms with van der Waals surface area (Å²) in [7, 11) is 0. The minimum absolute atomic E-state index is 0.0312. The first-order valence-corrected chi connectivity index (χ1v) is 12.7. The Morgan fingerprint density at radius 3 is 2.49 bits per heavy atom. The van der Waals surface area contributed by atoms with Gasteiger partial charge in [0.1, 0.15) is 17.5 Å². The normalized spacial score (nSPS) is 19.8. The van der Waals surface area contributed by atoms with Gasteiger partial charge in [0.25, 0.3) is 0 Å². The van der Waals surface area contributed by atoms with E-state index in [0.29, 0.717) is 36.0 Å². The summed E-state index contributed by atoms with van der Waals surface area (Å²) in [5.41, 5.74) is 8.99. The second kappa shape index (κ2) is 8.95. The van der Waals surface area contributed by atoms with E-state index in [2.05, 4.69) is 10.2 Å². The summed E-state index contributed by atoms with van der Waals surface area (Å²) in [6.07, 6.45) is -0.230. The molecule has 0 spiro atoms. The van der Waals surface area contributed by atoms with Gasteiger partial charge in [-0.1, -0.05) is 12.1 Å². The van der Waals surface area contributed by atoms with Crippen molar-refractivity contribution in [3.63, 3.8) is 0 Å². The Kier molecular flexibility index (Phi) is 5.83. The molecule has 0 bridgehead atoms. The van der Waals surface area contributed by atoms with Gasteiger partial charge in [0.2, 0.25) is 0 Å². The molecule has 1 aliphatic heterocycles. The van der Waals surface area contributed by atoms with Gasteiger partial charge in [-0.2, -0.15) is 13.2 Å². The summed E-state index contributed by atoms with van der Waals surface area (Å²) in [4.78, 5) is 6.36. The number of benzene rings is 1. The molecule has 0 amide bonds. The van der Waals surface area contributed by atoms with E-state index in [-0.39, 0.29) is 24.3 Å². The van der Waals surface area contributed by atoms with Gasteiger partial charge in [-0.15, -0.1) is 10.2 Å². The van der Waals surface area contributed by atoms with Crippen LogP contribution in [0.4, 0.5) is 13.2 Å². The lowest BCUT2D eigenvalue weighted by molar-refractivity contribution is -0.183. The van der Waals surface area contributed by atoms with E-state index in [1.807, 2.05) is 38.1 Å². The molecule has 2 N–H and O–H groups in total. The Morgan fingerprint density at radius 1 is 1.03 bits per heavy atom. The molecule has 0 radical (unpaired) electrons. The second-order valence-corrected chi connectivity index (χ2v) is 10.4. The Morgan fingerprint density at radius 2 is 1.81 bits per heavy atom. The number of ether oxygens (including phenoxy) is 1. The molecule has 2 fully saturated rings. The first-order chi connectivity index (χ1) is 17.7. The maximum atomic E-state index is 14.2. The average Bonchev–Trinajstić information content (AvgIpc) is 3.45. The molecule has 10 heteroatoms. The van der Waals surface area contributed by atoms with Crippen molar-refractivity contribution < 1.29 is 17.9 Å².